The number of hydrogen-bond donors (Lipinski definition) is 1. The Morgan fingerprint density at radius 2 is 2.09 bits per heavy atom. The number of aliphatic hydroxyl groups is 1. The van der Waals surface area contributed by atoms with Crippen molar-refractivity contribution < 1.29 is 14.2 Å². The quantitative estimate of drug-likeness (QED) is 0.844. The van der Waals surface area contributed by atoms with Crippen molar-refractivity contribution in [2.75, 3.05) is 7.11 Å². The molecule has 2 aromatic rings. The van der Waals surface area contributed by atoms with E-state index in [1.807, 2.05) is 6.20 Å². The van der Waals surface area contributed by atoms with E-state index in [0.29, 0.717) is 12.3 Å². The Morgan fingerprint density at radius 1 is 1.35 bits per heavy atom. The first kappa shape index (κ1) is 17.5. The predicted octanol–water partition coefficient (Wildman–Crippen LogP) is 3.81. The Balaban J connectivity index is 2.46. The summed E-state index contributed by atoms with van der Waals surface area (Å²) in [5.41, 5.74) is 1.80. The summed E-state index contributed by atoms with van der Waals surface area (Å²) >= 11 is 0. The summed E-state index contributed by atoms with van der Waals surface area (Å²) in [6, 6.07) is 4.48. The van der Waals surface area contributed by atoms with Crippen LogP contribution in [0.25, 0.3) is 11.3 Å². The Kier molecular flexibility index (Phi) is 5.42. The molecule has 5 heteroatoms. The molecule has 23 heavy (non-hydrogen) atoms. The molecule has 1 heterocycles. The van der Waals surface area contributed by atoms with E-state index in [2.05, 4.69) is 12.0 Å². The largest absolute Gasteiger partial charge is 0.496 e. The second-order valence-electron chi connectivity index (χ2n) is 6.46. The van der Waals surface area contributed by atoms with Crippen LogP contribution in [0.5, 0.6) is 5.75 Å². The van der Waals surface area contributed by atoms with Gasteiger partial charge in [0.15, 0.2) is 0 Å². The van der Waals surface area contributed by atoms with Gasteiger partial charge in [-0.1, -0.05) is 13.3 Å². The van der Waals surface area contributed by atoms with Crippen molar-refractivity contribution in [1.82, 2.24) is 9.78 Å². The number of aryl methyl sites for hydroxylation is 1. The van der Waals surface area contributed by atoms with Crippen molar-refractivity contribution >= 4 is 0 Å². The summed E-state index contributed by atoms with van der Waals surface area (Å²) in [6.45, 7) is 6.03. The lowest BCUT2D eigenvalue weighted by molar-refractivity contribution is 0.0578. The Labute approximate surface area is 136 Å². The van der Waals surface area contributed by atoms with Gasteiger partial charge >= 0.3 is 0 Å². The zero-order valence-electron chi connectivity index (χ0n) is 14.3. The van der Waals surface area contributed by atoms with Crippen LogP contribution in [0.3, 0.4) is 0 Å². The highest BCUT2D eigenvalue weighted by Gasteiger charge is 2.19. The highest BCUT2D eigenvalue weighted by Crippen LogP contribution is 2.32. The van der Waals surface area contributed by atoms with Crippen LogP contribution in [0.2, 0.25) is 0 Å². The summed E-state index contributed by atoms with van der Waals surface area (Å²) in [6.07, 6.45) is 4.98. The molecule has 0 fully saturated rings. The number of nitrogens with zero attached hydrogens (tertiary/aromatic N) is 2. The molecule has 0 bridgehead atoms. The lowest BCUT2D eigenvalue weighted by Gasteiger charge is -2.16. The van der Waals surface area contributed by atoms with Gasteiger partial charge in [-0.15, -0.1) is 0 Å². The summed E-state index contributed by atoms with van der Waals surface area (Å²) in [4.78, 5) is 0. The summed E-state index contributed by atoms with van der Waals surface area (Å²) in [7, 11) is 1.53. The van der Waals surface area contributed by atoms with Gasteiger partial charge in [0.1, 0.15) is 11.6 Å². The van der Waals surface area contributed by atoms with Crippen molar-refractivity contribution in [1.29, 1.82) is 0 Å². The van der Waals surface area contributed by atoms with Crippen molar-refractivity contribution in [3.8, 4) is 17.0 Å². The second kappa shape index (κ2) is 7.13. The molecule has 1 aromatic carbocycles. The van der Waals surface area contributed by atoms with Crippen LogP contribution in [-0.2, 0) is 13.0 Å². The van der Waals surface area contributed by atoms with Crippen LogP contribution < -0.4 is 4.74 Å². The molecular formula is C18H25FN2O2. The van der Waals surface area contributed by atoms with Gasteiger partial charge in [0, 0.05) is 17.8 Å². The summed E-state index contributed by atoms with van der Waals surface area (Å²) in [5, 5.41) is 14.6. The van der Waals surface area contributed by atoms with Crippen LogP contribution in [0, 0.1) is 5.82 Å². The van der Waals surface area contributed by atoms with E-state index in [1.54, 1.807) is 24.6 Å². The lowest BCUT2D eigenvalue weighted by atomic mass is 10.0. The summed E-state index contributed by atoms with van der Waals surface area (Å²) in [5.74, 6) is 0.132. The molecule has 0 aliphatic rings. The van der Waals surface area contributed by atoms with Crippen LogP contribution in [0.1, 0.15) is 39.2 Å². The molecular weight excluding hydrogens is 295 g/mol. The first-order chi connectivity index (χ1) is 10.8. The maximum atomic E-state index is 13.4. The molecule has 126 valence electrons. The second-order valence-corrected chi connectivity index (χ2v) is 6.46. The topological polar surface area (TPSA) is 47.3 Å². The number of ether oxygens (including phenoxy) is 1. The third-order valence-electron chi connectivity index (χ3n) is 3.60. The predicted molar refractivity (Wildman–Crippen MR) is 89.1 cm³/mol. The maximum absolute atomic E-state index is 13.4. The van der Waals surface area contributed by atoms with Gasteiger partial charge in [-0.25, -0.2) is 4.39 Å². The minimum atomic E-state index is -0.849. The van der Waals surface area contributed by atoms with Crippen LogP contribution in [0.4, 0.5) is 4.39 Å². The fraction of sp³-hybridized carbons (Fsp3) is 0.500. The third-order valence-corrected chi connectivity index (χ3v) is 3.60. The molecule has 0 spiro atoms. The van der Waals surface area contributed by atoms with E-state index >= 15 is 0 Å². The molecule has 4 nitrogen and oxygen atoms in total. The zero-order chi connectivity index (χ0) is 17.0. The number of rotatable bonds is 7. The van der Waals surface area contributed by atoms with Crippen molar-refractivity contribution in [2.45, 2.75) is 52.2 Å². The van der Waals surface area contributed by atoms with E-state index in [0.717, 1.165) is 36.1 Å². The van der Waals surface area contributed by atoms with Crippen molar-refractivity contribution in [2.24, 2.45) is 0 Å². The van der Waals surface area contributed by atoms with Crippen molar-refractivity contribution in [3.05, 3.63) is 35.8 Å². The molecule has 0 unspecified atom stereocenters. The Hall–Kier alpha value is -1.88. The smallest absolute Gasteiger partial charge is 0.131 e. The van der Waals surface area contributed by atoms with Crippen LogP contribution in [-0.4, -0.2) is 27.6 Å². The van der Waals surface area contributed by atoms with Crippen molar-refractivity contribution in [3.63, 3.8) is 0 Å². The molecule has 0 saturated carbocycles. The van der Waals surface area contributed by atoms with Gasteiger partial charge in [-0.2, -0.15) is 5.10 Å². The van der Waals surface area contributed by atoms with Gasteiger partial charge < -0.3 is 9.84 Å². The Bertz CT molecular complexity index is 660. The highest BCUT2D eigenvalue weighted by atomic mass is 19.1. The van der Waals surface area contributed by atoms with Crippen LogP contribution in [0.15, 0.2) is 24.4 Å². The number of methoxy groups -OCH3 is 1. The number of benzene rings is 1. The normalized spacial score (nSPS) is 11.7. The van der Waals surface area contributed by atoms with E-state index in [4.69, 9.17) is 4.74 Å². The molecule has 1 N–H and O–H groups in total. The van der Waals surface area contributed by atoms with Gasteiger partial charge in [0.05, 0.1) is 24.9 Å². The van der Waals surface area contributed by atoms with E-state index in [9.17, 15) is 9.50 Å². The molecule has 0 aliphatic carbocycles. The monoisotopic (exact) mass is 320 g/mol. The molecule has 0 amide bonds. The first-order valence-corrected chi connectivity index (χ1v) is 7.96. The Morgan fingerprint density at radius 3 is 2.70 bits per heavy atom. The maximum Gasteiger partial charge on any atom is 0.131 e. The van der Waals surface area contributed by atoms with E-state index in [-0.39, 0.29) is 5.82 Å². The SMILES string of the molecule is CCCCc1cn(CC(C)(C)O)nc1-c1ccc(F)cc1OC. The van der Waals surface area contributed by atoms with Gasteiger partial charge in [0.25, 0.3) is 0 Å². The van der Waals surface area contributed by atoms with E-state index in [1.165, 1.54) is 19.2 Å². The fourth-order valence-corrected chi connectivity index (χ4v) is 2.58. The van der Waals surface area contributed by atoms with E-state index < -0.39 is 5.60 Å². The lowest BCUT2D eigenvalue weighted by Crippen LogP contribution is -2.26. The molecule has 2 rings (SSSR count). The summed E-state index contributed by atoms with van der Waals surface area (Å²) < 4.78 is 20.5. The highest BCUT2D eigenvalue weighted by molar-refractivity contribution is 5.69. The van der Waals surface area contributed by atoms with Gasteiger partial charge in [0.2, 0.25) is 0 Å². The average Bonchev–Trinajstić information content (AvgIpc) is 2.85. The third kappa shape index (κ3) is 4.55. The van der Waals surface area contributed by atoms with Gasteiger partial charge in [-0.05, 0) is 44.4 Å². The number of unbranched alkanes of at least 4 members (excludes halogenated alkanes) is 1. The average molecular weight is 320 g/mol. The molecule has 0 radical (unpaired) electrons. The molecule has 0 atom stereocenters. The minimum Gasteiger partial charge on any atom is -0.496 e. The minimum absolute atomic E-state index is 0.336. The molecule has 1 aromatic heterocycles. The molecule has 0 saturated heterocycles. The first-order valence-electron chi connectivity index (χ1n) is 7.96. The fourth-order valence-electron chi connectivity index (χ4n) is 2.58. The van der Waals surface area contributed by atoms with Gasteiger partial charge in [-0.3, -0.25) is 4.68 Å². The van der Waals surface area contributed by atoms with Crippen LogP contribution >= 0.6 is 0 Å². The number of halogens is 1. The molecule has 0 aliphatic heterocycles. The number of hydrogen-bond acceptors (Lipinski definition) is 3. The standard InChI is InChI=1S/C18H25FN2O2/c1-5-6-7-13-11-21(12-18(2,3)22)20-17(13)15-9-8-14(19)10-16(15)23-4/h8-11,22H,5-7,12H2,1-4H3. The number of aromatic nitrogens is 2. The zero-order valence-corrected chi connectivity index (χ0v) is 14.3.